The van der Waals surface area contributed by atoms with Gasteiger partial charge < -0.3 is 9.64 Å². The quantitative estimate of drug-likeness (QED) is 0.771. The van der Waals surface area contributed by atoms with E-state index in [2.05, 4.69) is 11.7 Å². The Hall–Kier alpha value is -2.11. The monoisotopic (exact) mass is 345 g/mol. The van der Waals surface area contributed by atoms with Crippen LogP contribution in [0.4, 0.5) is 4.79 Å². The standard InChI is InChI=1S/C19H27N3O3/c1-5-7-13-8-6-10-22-16(17(13)23)14-12-21(11-9-15(14)20-22)18(24)25-19(2,3)4/h5,13H,1,6-12H2,2-4H3. The molecule has 3 rings (SSSR count). The van der Waals surface area contributed by atoms with Crippen LogP contribution in [0.5, 0.6) is 0 Å². The Bertz CT molecular complexity index is 700. The number of ether oxygens (including phenoxy) is 1. The zero-order valence-corrected chi connectivity index (χ0v) is 15.4. The van der Waals surface area contributed by atoms with E-state index < -0.39 is 5.60 Å². The van der Waals surface area contributed by atoms with E-state index in [-0.39, 0.29) is 17.8 Å². The molecule has 0 N–H and O–H groups in total. The molecule has 1 amide bonds. The molecule has 0 saturated heterocycles. The fourth-order valence-corrected chi connectivity index (χ4v) is 3.58. The maximum Gasteiger partial charge on any atom is 0.410 e. The lowest BCUT2D eigenvalue weighted by Crippen LogP contribution is -2.40. The second-order valence-electron chi connectivity index (χ2n) is 7.88. The van der Waals surface area contributed by atoms with E-state index in [0.29, 0.717) is 31.6 Å². The zero-order valence-electron chi connectivity index (χ0n) is 15.4. The minimum Gasteiger partial charge on any atom is -0.444 e. The molecular formula is C19H27N3O3. The molecule has 25 heavy (non-hydrogen) atoms. The Kier molecular flexibility index (Phi) is 4.71. The van der Waals surface area contributed by atoms with E-state index >= 15 is 0 Å². The Balaban J connectivity index is 1.87. The normalized spacial score (nSPS) is 20.5. The van der Waals surface area contributed by atoms with Crippen LogP contribution in [0.25, 0.3) is 0 Å². The highest BCUT2D eigenvalue weighted by Gasteiger charge is 2.35. The molecule has 1 unspecified atom stereocenters. The van der Waals surface area contributed by atoms with Gasteiger partial charge in [-0.25, -0.2) is 4.79 Å². The Morgan fingerprint density at radius 3 is 2.84 bits per heavy atom. The molecule has 1 aromatic rings. The topological polar surface area (TPSA) is 64.4 Å². The van der Waals surface area contributed by atoms with Gasteiger partial charge >= 0.3 is 6.09 Å². The summed E-state index contributed by atoms with van der Waals surface area (Å²) in [7, 11) is 0. The molecule has 0 spiro atoms. The van der Waals surface area contributed by atoms with E-state index in [9.17, 15) is 9.59 Å². The Labute approximate surface area is 148 Å². The lowest BCUT2D eigenvalue weighted by molar-refractivity contribution is 0.0222. The van der Waals surface area contributed by atoms with Crippen LogP contribution in [-0.2, 0) is 24.2 Å². The predicted molar refractivity (Wildman–Crippen MR) is 94.4 cm³/mol. The number of carbonyl (C=O) groups is 2. The van der Waals surface area contributed by atoms with Crippen LogP contribution in [0, 0.1) is 5.92 Å². The van der Waals surface area contributed by atoms with Crippen molar-refractivity contribution in [3.05, 3.63) is 29.6 Å². The number of ketones is 1. The van der Waals surface area contributed by atoms with Crippen molar-refractivity contribution in [2.45, 2.75) is 65.1 Å². The summed E-state index contributed by atoms with van der Waals surface area (Å²) < 4.78 is 7.34. The van der Waals surface area contributed by atoms with Gasteiger partial charge in [0.1, 0.15) is 11.3 Å². The van der Waals surface area contributed by atoms with Crippen molar-refractivity contribution in [2.24, 2.45) is 5.92 Å². The van der Waals surface area contributed by atoms with Crippen LogP contribution >= 0.6 is 0 Å². The number of rotatable bonds is 2. The first-order valence-corrected chi connectivity index (χ1v) is 9.01. The average molecular weight is 345 g/mol. The van der Waals surface area contributed by atoms with Crippen LogP contribution in [0.15, 0.2) is 12.7 Å². The molecule has 3 heterocycles. The summed E-state index contributed by atoms with van der Waals surface area (Å²) in [5, 5.41) is 4.66. The Morgan fingerprint density at radius 1 is 1.40 bits per heavy atom. The first kappa shape index (κ1) is 17.7. The summed E-state index contributed by atoms with van der Waals surface area (Å²) in [6.45, 7) is 11.1. The molecule has 0 fully saturated rings. The van der Waals surface area contributed by atoms with E-state index in [1.807, 2.05) is 31.5 Å². The van der Waals surface area contributed by atoms with E-state index in [4.69, 9.17) is 4.74 Å². The van der Waals surface area contributed by atoms with Crippen molar-refractivity contribution < 1.29 is 14.3 Å². The number of Topliss-reactive ketones (excluding diaryl/α,β-unsaturated/α-hetero) is 1. The molecule has 1 aromatic heterocycles. The van der Waals surface area contributed by atoms with Crippen molar-refractivity contribution >= 4 is 11.9 Å². The van der Waals surface area contributed by atoms with Crippen molar-refractivity contribution in [3.8, 4) is 0 Å². The van der Waals surface area contributed by atoms with Crippen molar-refractivity contribution in [3.63, 3.8) is 0 Å². The maximum absolute atomic E-state index is 13.0. The van der Waals surface area contributed by atoms with Gasteiger partial charge in [0.2, 0.25) is 0 Å². The minimum absolute atomic E-state index is 0.0311. The zero-order chi connectivity index (χ0) is 18.2. The molecule has 0 radical (unpaired) electrons. The van der Waals surface area contributed by atoms with Gasteiger partial charge in [0.15, 0.2) is 5.78 Å². The molecule has 2 aliphatic rings. The molecule has 0 aromatic carbocycles. The highest BCUT2D eigenvalue weighted by Crippen LogP contribution is 2.30. The lowest BCUT2D eigenvalue weighted by atomic mass is 9.91. The third-order valence-electron chi connectivity index (χ3n) is 4.73. The first-order valence-electron chi connectivity index (χ1n) is 9.01. The number of carbonyl (C=O) groups excluding carboxylic acids is 2. The lowest BCUT2D eigenvalue weighted by Gasteiger charge is -2.30. The summed E-state index contributed by atoms with van der Waals surface area (Å²) in [4.78, 5) is 27.1. The second-order valence-corrected chi connectivity index (χ2v) is 7.88. The highest BCUT2D eigenvalue weighted by atomic mass is 16.6. The van der Waals surface area contributed by atoms with Crippen LogP contribution < -0.4 is 0 Å². The molecular weight excluding hydrogens is 318 g/mol. The molecule has 0 saturated carbocycles. The molecule has 2 aliphatic heterocycles. The number of amides is 1. The van der Waals surface area contributed by atoms with Gasteiger partial charge in [0.05, 0.1) is 12.2 Å². The summed E-state index contributed by atoms with van der Waals surface area (Å²) in [5.74, 6) is 0.105. The molecule has 0 bridgehead atoms. The van der Waals surface area contributed by atoms with Gasteiger partial charge in [-0.1, -0.05) is 6.08 Å². The smallest absolute Gasteiger partial charge is 0.410 e. The van der Waals surface area contributed by atoms with Gasteiger partial charge in [-0.3, -0.25) is 9.48 Å². The van der Waals surface area contributed by atoms with Gasteiger partial charge in [-0.05, 0) is 40.0 Å². The van der Waals surface area contributed by atoms with Crippen molar-refractivity contribution in [1.82, 2.24) is 14.7 Å². The third-order valence-corrected chi connectivity index (χ3v) is 4.73. The van der Waals surface area contributed by atoms with Crippen LogP contribution in [0.1, 0.15) is 61.8 Å². The number of aryl methyl sites for hydroxylation is 1. The fourth-order valence-electron chi connectivity index (χ4n) is 3.58. The van der Waals surface area contributed by atoms with E-state index in [1.165, 1.54) is 0 Å². The number of nitrogens with zero attached hydrogens (tertiary/aromatic N) is 3. The minimum atomic E-state index is -0.530. The fraction of sp³-hybridized carbons (Fsp3) is 0.632. The summed E-state index contributed by atoms with van der Waals surface area (Å²) in [6, 6.07) is 0. The van der Waals surface area contributed by atoms with Crippen LogP contribution in [0.2, 0.25) is 0 Å². The van der Waals surface area contributed by atoms with Crippen molar-refractivity contribution in [2.75, 3.05) is 6.54 Å². The first-order chi connectivity index (χ1) is 11.8. The van der Waals surface area contributed by atoms with Gasteiger partial charge in [0.25, 0.3) is 0 Å². The molecule has 6 nitrogen and oxygen atoms in total. The largest absolute Gasteiger partial charge is 0.444 e. The molecule has 0 aliphatic carbocycles. The summed E-state index contributed by atoms with van der Waals surface area (Å²) >= 11 is 0. The Morgan fingerprint density at radius 2 is 2.16 bits per heavy atom. The predicted octanol–water partition coefficient (Wildman–Crippen LogP) is 3.35. The number of hydrogen-bond acceptors (Lipinski definition) is 4. The van der Waals surface area contributed by atoms with Gasteiger partial charge in [-0.15, -0.1) is 6.58 Å². The van der Waals surface area contributed by atoms with E-state index in [1.54, 1.807) is 4.90 Å². The SMILES string of the molecule is C=CCC1CCCn2nc3c(c2C1=O)CN(C(=O)OC(C)(C)C)CC3. The van der Waals surface area contributed by atoms with E-state index in [0.717, 1.165) is 30.6 Å². The van der Waals surface area contributed by atoms with Crippen molar-refractivity contribution in [1.29, 1.82) is 0 Å². The van der Waals surface area contributed by atoms with Gasteiger partial charge in [-0.2, -0.15) is 5.10 Å². The summed E-state index contributed by atoms with van der Waals surface area (Å²) in [6.07, 6.45) is 4.63. The highest BCUT2D eigenvalue weighted by molar-refractivity contribution is 5.98. The second kappa shape index (κ2) is 6.65. The van der Waals surface area contributed by atoms with Gasteiger partial charge in [0, 0.05) is 31.0 Å². The number of fused-ring (bicyclic) bond motifs is 3. The van der Waals surface area contributed by atoms with Crippen LogP contribution in [0.3, 0.4) is 0 Å². The number of aromatic nitrogens is 2. The number of allylic oxidation sites excluding steroid dienone is 1. The molecule has 1 atom stereocenters. The number of hydrogen-bond donors (Lipinski definition) is 0. The maximum atomic E-state index is 13.0. The molecule has 136 valence electrons. The third kappa shape index (κ3) is 3.62. The molecule has 6 heteroatoms. The summed E-state index contributed by atoms with van der Waals surface area (Å²) in [5.41, 5.74) is 2.01. The van der Waals surface area contributed by atoms with Crippen LogP contribution in [-0.4, -0.2) is 38.7 Å². The average Bonchev–Trinajstić information content (AvgIpc) is 2.81.